The minimum Gasteiger partial charge on any atom is -0.353 e. The summed E-state index contributed by atoms with van der Waals surface area (Å²) in [5.74, 6) is 1.25. The van der Waals surface area contributed by atoms with Crippen LogP contribution in [0.2, 0.25) is 0 Å². The summed E-state index contributed by atoms with van der Waals surface area (Å²) in [7, 11) is 0. The van der Waals surface area contributed by atoms with Gasteiger partial charge in [-0.05, 0) is 37.5 Å². The van der Waals surface area contributed by atoms with Gasteiger partial charge in [0, 0.05) is 11.0 Å². The fraction of sp³-hybridized carbons (Fsp3) is 1.00. The van der Waals surface area contributed by atoms with Crippen LogP contribution in [0.15, 0.2) is 0 Å². The van der Waals surface area contributed by atoms with Crippen molar-refractivity contribution in [1.82, 2.24) is 0 Å². The Hall–Kier alpha value is 0.650. The van der Waals surface area contributed by atoms with Crippen LogP contribution in [0.4, 0.5) is 0 Å². The summed E-state index contributed by atoms with van der Waals surface area (Å²) in [5, 5.41) is 0. The van der Waals surface area contributed by atoms with Gasteiger partial charge in [-0.25, -0.2) is 0 Å². The first kappa shape index (κ1) is 15.7. The van der Waals surface area contributed by atoms with Crippen molar-refractivity contribution in [2.24, 2.45) is 11.8 Å². The minimum atomic E-state index is 0.0541. The molecule has 0 aromatic heterocycles. The predicted molar refractivity (Wildman–Crippen MR) is 80.6 cm³/mol. The lowest BCUT2D eigenvalue weighted by Crippen LogP contribution is -2.36. The van der Waals surface area contributed by atoms with Crippen LogP contribution in [0, 0.1) is 11.8 Å². The molecular weight excluding hydrogens is 327 g/mol. The molecule has 0 saturated carbocycles. The lowest BCUT2D eigenvalue weighted by atomic mass is 9.91. The second-order valence-corrected chi connectivity index (χ2v) is 6.18. The molecule has 0 aromatic rings. The molecule has 0 aliphatic carbocycles. The maximum atomic E-state index is 6.23. The van der Waals surface area contributed by atoms with E-state index >= 15 is 0 Å². The Morgan fingerprint density at radius 1 is 1.29 bits per heavy atom. The first-order chi connectivity index (χ1) is 8.19. The van der Waals surface area contributed by atoms with E-state index in [9.17, 15) is 0 Å². The largest absolute Gasteiger partial charge is 0.353 e. The van der Waals surface area contributed by atoms with Crippen molar-refractivity contribution >= 4 is 22.6 Å². The van der Waals surface area contributed by atoms with Gasteiger partial charge in [0.25, 0.3) is 0 Å². The van der Waals surface area contributed by atoms with Crippen LogP contribution in [-0.2, 0) is 9.47 Å². The summed E-state index contributed by atoms with van der Waals surface area (Å²) in [4.78, 5) is 0. The Labute approximate surface area is 120 Å². The lowest BCUT2D eigenvalue weighted by molar-refractivity contribution is -0.206. The zero-order chi connectivity index (χ0) is 12.7. The van der Waals surface area contributed by atoms with Gasteiger partial charge >= 0.3 is 0 Å². The summed E-state index contributed by atoms with van der Waals surface area (Å²) in [6, 6.07) is 0. The topological polar surface area (TPSA) is 18.5 Å². The zero-order valence-corrected chi connectivity index (χ0v) is 13.6. The van der Waals surface area contributed by atoms with E-state index in [0.717, 1.165) is 17.5 Å². The number of ether oxygens (including phenoxy) is 2. The summed E-state index contributed by atoms with van der Waals surface area (Å²) in [5.41, 5.74) is 0. The lowest BCUT2D eigenvalue weighted by Gasteiger charge is -2.34. The Morgan fingerprint density at radius 2 is 2.06 bits per heavy atom. The van der Waals surface area contributed by atoms with Gasteiger partial charge in [-0.2, -0.15) is 0 Å². The van der Waals surface area contributed by atoms with Gasteiger partial charge < -0.3 is 9.47 Å². The second kappa shape index (κ2) is 8.70. The summed E-state index contributed by atoms with van der Waals surface area (Å²) < 4.78 is 13.1. The van der Waals surface area contributed by atoms with Gasteiger partial charge in [0.05, 0.1) is 6.10 Å². The SMILES string of the molecule is CCCC(C)C(OC1CCCCO1)C(C)CI. The number of hydrogen-bond acceptors (Lipinski definition) is 2. The number of halogens is 1. The van der Waals surface area contributed by atoms with E-state index in [2.05, 4.69) is 43.4 Å². The van der Waals surface area contributed by atoms with Crippen molar-refractivity contribution < 1.29 is 9.47 Å². The van der Waals surface area contributed by atoms with Crippen LogP contribution in [0.5, 0.6) is 0 Å². The van der Waals surface area contributed by atoms with Crippen LogP contribution in [0.1, 0.15) is 52.9 Å². The molecule has 2 nitrogen and oxygen atoms in total. The molecule has 4 atom stereocenters. The predicted octanol–water partition coefficient (Wildman–Crippen LogP) is 4.41. The highest BCUT2D eigenvalue weighted by molar-refractivity contribution is 14.1. The fourth-order valence-corrected chi connectivity index (χ4v) is 3.03. The number of hydrogen-bond donors (Lipinski definition) is 0. The molecule has 1 aliphatic heterocycles. The molecule has 3 heteroatoms. The monoisotopic (exact) mass is 354 g/mol. The molecule has 102 valence electrons. The molecule has 0 aromatic carbocycles. The summed E-state index contributed by atoms with van der Waals surface area (Å²) in [6.45, 7) is 7.74. The van der Waals surface area contributed by atoms with E-state index in [1.165, 1.54) is 25.7 Å². The van der Waals surface area contributed by atoms with Gasteiger partial charge in [0.15, 0.2) is 6.29 Å². The normalized spacial score (nSPS) is 26.5. The van der Waals surface area contributed by atoms with Crippen LogP contribution in [-0.4, -0.2) is 23.4 Å². The Balaban J connectivity index is 2.49. The Bertz CT molecular complexity index is 193. The van der Waals surface area contributed by atoms with E-state index in [4.69, 9.17) is 9.47 Å². The van der Waals surface area contributed by atoms with Crippen molar-refractivity contribution in [2.75, 3.05) is 11.0 Å². The highest BCUT2D eigenvalue weighted by Gasteiger charge is 2.27. The van der Waals surface area contributed by atoms with Crippen molar-refractivity contribution in [2.45, 2.75) is 65.3 Å². The van der Waals surface area contributed by atoms with E-state index in [0.29, 0.717) is 17.9 Å². The molecule has 0 radical (unpaired) electrons. The Kier molecular flexibility index (Phi) is 8.04. The van der Waals surface area contributed by atoms with Crippen molar-refractivity contribution in [3.05, 3.63) is 0 Å². The smallest absolute Gasteiger partial charge is 0.157 e. The maximum absolute atomic E-state index is 6.23. The first-order valence-corrected chi connectivity index (χ1v) is 8.54. The molecule has 1 saturated heterocycles. The molecule has 1 rings (SSSR count). The summed E-state index contributed by atoms with van der Waals surface area (Å²) >= 11 is 2.46. The third-order valence-electron chi connectivity index (χ3n) is 3.56. The average molecular weight is 354 g/mol. The van der Waals surface area contributed by atoms with Gasteiger partial charge in [-0.15, -0.1) is 0 Å². The molecule has 4 unspecified atom stereocenters. The number of rotatable bonds is 7. The molecule has 1 heterocycles. The van der Waals surface area contributed by atoms with Gasteiger partial charge in [-0.3, -0.25) is 0 Å². The molecule has 17 heavy (non-hydrogen) atoms. The molecule has 1 aliphatic rings. The maximum Gasteiger partial charge on any atom is 0.157 e. The molecule has 0 amide bonds. The van der Waals surface area contributed by atoms with Gasteiger partial charge in [0.1, 0.15) is 0 Å². The van der Waals surface area contributed by atoms with E-state index in [1.807, 2.05) is 0 Å². The van der Waals surface area contributed by atoms with Crippen LogP contribution < -0.4 is 0 Å². The van der Waals surface area contributed by atoms with Crippen LogP contribution >= 0.6 is 22.6 Å². The third kappa shape index (κ3) is 5.43. The summed E-state index contributed by atoms with van der Waals surface area (Å²) in [6.07, 6.45) is 6.41. The highest BCUT2D eigenvalue weighted by atomic mass is 127. The molecule has 0 spiro atoms. The second-order valence-electron chi connectivity index (χ2n) is 5.29. The van der Waals surface area contributed by atoms with Crippen LogP contribution in [0.25, 0.3) is 0 Å². The first-order valence-electron chi connectivity index (χ1n) is 7.02. The molecular formula is C14H27IO2. The zero-order valence-electron chi connectivity index (χ0n) is 11.5. The Morgan fingerprint density at radius 3 is 2.59 bits per heavy atom. The highest BCUT2D eigenvalue weighted by Crippen LogP contribution is 2.26. The van der Waals surface area contributed by atoms with Crippen molar-refractivity contribution in [1.29, 1.82) is 0 Å². The van der Waals surface area contributed by atoms with E-state index in [-0.39, 0.29) is 6.29 Å². The van der Waals surface area contributed by atoms with Gasteiger partial charge in [0.2, 0.25) is 0 Å². The van der Waals surface area contributed by atoms with Gasteiger partial charge in [-0.1, -0.05) is 49.8 Å². The molecule has 0 bridgehead atoms. The number of alkyl halides is 1. The fourth-order valence-electron chi connectivity index (χ4n) is 2.53. The quantitative estimate of drug-likeness (QED) is 0.498. The van der Waals surface area contributed by atoms with Crippen molar-refractivity contribution in [3.63, 3.8) is 0 Å². The molecule has 1 fully saturated rings. The van der Waals surface area contributed by atoms with E-state index in [1.54, 1.807) is 0 Å². The third-order valence-corrected chi connectivity index (χ3v) is 4.95. The van der Waals surface area contributed by atoms with Crippen molar-refractivity contribution in [3.8, 4) is 0 Å². The van der Waals surface area contributed by atoms with E-state index < -0.39 is 0 Å². The average Bonchev–Trinajstić information content (AvgIpc) is 2.36. The standard InChI is InChI=1S/C14H27IO2/c1-4-7-11(2)14(12(3)10-15)17-13-8-5-6-9-16-13/h11-14H,4-10H2,1-3H3. The minimum absolute atomic E-state index is 0.0541. The van der Waals surface area contributed by atoms with Crippen LogP contribution in [0.3, 0.4) is 0 Å². The molecule has 0 N–H and O–H groups in total.